The predicted octanol–water partition coefficient (Wildman–Crippen LogP) is 1.52. The molecule has 7 heteroatoms. The van der Waals surface area contributed by atoms with E-state index in [1.807, 2.05) is 0 Å². The molecule has 2 N–H and O–H groups in total. The second-order valence-corrected chi connectivity index (χ2v) is 6.07. The van der Waals surface area contributed by atoms with E-state index in [0.29, 0.717) is 5.56 Å². The second-order valence-electron chi connectivity index (χ2n) is 4.07. The van der Waals surface area contributed by atoms with E-state index in [0.717, 1.165) is 10.4 Å². The summed E-state index contributed by atoms with van der Waals surface area (Å²) in [4.78, 5) is -0.0437. The third-order valence-electron chi connectivity index (χ3n) is 2.65. The molecule has 0 aromatic heterocycles. The summed E-state index contributed by atoms with van der Waals surface area (Å²) in [5, 5.41) is 0. The van der Waals surface area contributed by atoms with Gasteiger partial charge in [0.1, 0.15) is 5.82 Å². The highest BCUT2D eigenvalue weighted by Gasteiger charge is 2.25. The third kappa shape index (κ3) is 3.65. The van der Waals surface area contributed by atoms with E-state index < -0.39 is 15.8 Å². The lowest BCUT2D eigenvalue weighted by molar-refractivity contribution is 0.394. The van der Waals surface area contributed by atoms with Crippen molar-refractivity contribution in [1.82, 2.24) is 4.31 Å². The Labute approximate surface area is 113 Å². The summed E-state index contributed by atoms with van der Waals surface area (Å²) in [5.41, 5.74) is 5.99. The first-order valence-corrected chi connectivity index (χ1v) is 6.68. The molecule has 0 amide bonds. The van der Waals surface area contributed by atoms with Gasteiger partial charge in [0, 0.05) is 19.6 Å². The van der Waals surface area contributed by atoms with Crippen LogP contribution in [0.2, 0.25) is 0 Å². The Morgan fingerprint density at radius 1 is 1.39 bits per heavy atom. The summed E-state index contributed by atoms with van der Waals surface area (Å²) in [5.74, 6) is -0.558. The number of aryl methyl sites for hydroxylation is 1. The van der Waals surface area contributed by atoms with E-state index in [9.17, 15) is 12.8 Å². The molecule has 0 radical (unpaired) electrons. The fraction of sp³-hybridized carbons (Fsp3) is 0.455. The zero-order valence-electron chi connectivity index (χ0n) is 10.6. The van der Waals surface area contributed by atoms with Crippen molar-refractivity contribution in [2.24, 2.45) is 5.73 Å². The van der Waals surface area contributed by atoms with Gasteiger partial charge < -0.3 is 5.73 Å². The summed E-state index contributed by atoms with van der Waals surface area (Å²) >= 11 is 0. The van der Waals surface area contributed by atoms with Gasteiger partial charge in [-0.05, 0) is 37.6 Å². The van der Waals surface area contributed by atoms with Crippen LogP contribution in [0.3, 0.4) is 0 Å². The molecule has 0 spiro atoms. The fourth-order valence-corrected chi connectivity index (χ4v) is 2.89. The van der Waals surface area contributed by atoms with Crippen molar-refractivity contribution >= 4 is 22.4 Å². The number of halogens is 2. The first-order valence-electron chi connectivity index (χ1n) is 5.24. The number of nitrogens with two attached hydrogens (primary N) is 1. The smallest absolute Gasteiger partial charge is 0.243 e. The fourth-order valence-electron chi connectivity index (χ4n) is 1.40. The second kappa shape index (κ2) is 6.47. The van der Waals surface area contributed by atoms with E-state index in [-0.39, 0.29) is 29.9 Å². The maximum absolute atomic E-state index is 13.2. The number of benzene rings is 1. The van der Waals surface area contributed by atoms with Crippen molar-refractivity contribution in [3.8, 4) is 0 Å². The number of hydrogen-bond donors (Lipinski definition) is 1. The van der Waals surface area contributed by atoms with Crippen LogP contribution in [-0.4, -0.2) is 32.4 Å². The zero-order chi connectivity index (χ0) is 13.2. The molecule has 0 bridgehead atoms. The van der Waals surface area contributed by atoms with Crippen LogP contribution in [0.25, 0.3) is 0 Å². The van der Waals surface area contributed by atoms with Gasteiger partial charge in [-0.3, -0.25) is 0 Å². The summed E-state index contributed by atoms with van der Waals surface area (Å²) < 4.78 is 38.6. The molecule has 0 heterocycles. The molecule has 0 fully saturated rings. The molecule has 0 aliphatic carbocycles. The van der Waals surface area contributed by atoms with Crippen LogP contribution in [-0.2, 0) is 10.0 Å². The van der Waals surface area contributed by atoms with Crippen LogP contribution >= 0.6 is 12.4 Å². The average molecular weight is 297 g/mol. The number of sulfonamides is 1. The van der Waals surface area contributed by atoms with Gasteiger partial charge in [0.2, 0.25) is 10.0 Å². The van der Waals surface area contributed by atoms with Gasteiger partial charge in [-0.1, -0.05) is 0 Å². The Hall–Kier alpha value is -0.690. The van der Waals surface area contributed by atoms with Crippen molar-refractivity contribution in [2.75, 3.05) is 13.6 Å². The van der Waals surface area contributed by atoms with Crippen molar-refractivity contribution < 1.29 is 12.8 Å². The van der Waals surface area contributed by atoms with Crippen LogP contribution in [0.15, 0.2) is 23.1 Å². The number of nitrogens with zero attached hydrogens (tertiary/aromatic N) is 1. The lowest BCUT2D eigenvalue weighted by atomic mass is 10.2. The molecule has 1 atom stereocenters. The monoisotopic (exact) mass is 296 g/mol. The van der Waals surface area contributed by atoms with Gasteiger partial charge in [0.15, 0.2) is 0 Å². The molecule has 0 saturated carbocycles. The van der Waals surface area contributed by atoms with Crippen LogP contribution in [0.1, 0.15) is 12.5 Å². The Bertz CT molecular complexity index is 488. The van der Waals surface area contributed by atoms with E-state index in [4.69, 9.17) is 5.73 Å². The molecule has 18 heavy (non-hydrogen) atoms. The first-order chi connectivity index (χ1) is 7.78. The Morgan fingerprint density at radius 2 is 1.94 bits per heavy atom. The van der Waals surface area contributed by atoms with Gasteiger partial charge in [0.25, 0.3) is 0 Å². The molecule has 1 aromatic carbocycles. The minimum Gasteiger partial charge on any atom is -0.329 e. The Balaban J connectivity index is 0.00000289. The van der Waals surface area contributed by atoms with Crippen molar-refractivity contribution in [1.29, 1.82) is 0 Å². The lowest BCUT2D eigenvalue weighted by Gasteiger charge is -2.23. The average Bonchev–Trinajstić information content (AvgIpc) is 2.25. The van der Waals surface area contributed by atoms with E-state index in [2.05, 4.69) is 0 Å². The van der Waals surface area contributed by atoms with Gasteiger partial charge in [0.05, 0.1) is 4.90 Å². The molecule has 1 unspecified atom stereocenters. The van der Waals surface area contributed by atoms with E-state index >= 15 is 0 Å². The highest BCUT2D eigenvalue weighted by molar-refractivity contribution is 7.89. The van der Waals surface area contributed by atoms with Crippen molar-refractivity contribution in [2.45, 2.75) is 24.8 Å². The van der Waals surface area contributed by atoms with Crippen LogP contribution in [0, 0.1) is 12.7 Å². The third-order valence-corrected chi connectivity index (χ3v) is 4.60. The molecule has 0 aliphatic rings. The summed E-state index contributed by atoms with van der Waals surface area (Å²) in [6.45, 7) is 3.56. The summed E-state index contributed by atoms with van der Waals surface area (Å²) in [6.07, 6.45) is 0. The zero-order valence-corrected chi connectivity index (χ0v) is 12.2. The maximum Gasteiger partial charge on any atom is 0.243 e. The molecule has 0 aliphatic heterocycles. The number of rotatable bonds is 4. The van der Waals surface area contributed by atoms with Crippen LogP contribution in [0.4, 0.5) is 4.39 Å². The molecular formula is C11H18ClFN2O2S. The quantitative estimate of drug-likeness (QED) is 0.916. The maximum atomic E-state index is 13.2. The standard InChI is InChI=1S/C11H17FN2O2S.ClH/c1-8-4-10(12)6-11(5-8)17(15,16)14(3)9(2)7-13;/h4-6,9H,7,13H2,1-3H3;1H. The highest BCUT2D eigenvalue weighted by Crippen LogP contribution is 2.19. The molecule has 104 valence electrons. The van der Waals surface area contributed by atoms with E-state index in [1.54, 1.807) is 13.8 Å². The summed E-state index contributed by atoms with van der Waals surface area (Å²) in [6, 6.07) is 3.41. The largest absolute Gasteiger partial charge is 0.329 e. The topological polar surface area (TPSA) is 63.4 Å². The molecule has 1 rings (SSSR count). The van der Waals surface area contributed by atoms with Crippen molar-refractivity contribution in [3.63, 3.8) is 0 Å². The van der Waals surface area contributed by atoms with Gasteiger partial charge >= 0.3 is 0 Å². The van der Waals surface area contributed by atoms with Crippen LogP contribution in [0.5, 0.6) is 0 Å². The predicted molar refractivity (Wildman–Crippen MR) is 71.9 cm³/mol. The van der Waals surface area contributed by atoms with Crippen molar-refractivity contribution in [3.05, 3.63) is 29.6 Å². The van der Waals surface area contributed by atoms with Gasteiger partial charge in [-0.2, -0.15) is 4.31 Å². The summed E-state index contributed by atoms with van der Waals surface area (Å²) in [7, 11) is -2.24. The molecular weight excluding hydrogens is 279 g/mol. The van der Waals surface area contributed by atoms with Gasteiger partial charge in [-0.15, -0.1) is 12.4 Å². The Morgan fingerprint density at radius 3 is 2.39 bits per heavy atom. The number of hydrogen-bond acceptors (Lipinski definition) is 3. The first kappa shape index (κ1) is 17.3. The van der Waals surface area contributed by atoms with E-state index in [1.165, 1.54) is 19.2 Å². The lowest BCUT2D eigenvalue weighted by Crippen LogP contribution is -2.39. The molecule has 4 nitrogen and oxygen atoms in total. The minimum atomic E-state index is -3.68. The van der Waals surface area contributed by atoms with Gasteiger partial charge in [-0.25, -0.2) is 12.8 Å². The molecule has 1 aromatic rings. The number of likely N-dealkylation sites (N-methyl/N-ethyl adjacent to an activating group) is 1. The SMILES string of the molecule is Cc1cc(F)cc(S(=O)(=O)N(C)C(C)CN)c1.Cl. The highest BCUT2D eigenvalue weighted by atomic mass is 35.5. The Kier molecular flexibility index (Phi) is 6.22. The normalized spacial score (nSPS) is 13.2. The minimum absolute atomic E-state index is 0. The van der Waals surface area contributed by atoms with Crippen LogP contribution < -0.4 is 5.73 Å². The molecule has 0 saturated heterocycles.